The maximum Gasteiger partial charge on any atom is 0.125 e. The van der Waals surface area contributed by atoms with Gasteiger partial charge in [0.1, 0.15) is 5.82 Å². The van der Waals surface area contributed by atoms with Gasteiger partial charge in [-0.2, -0.15) is 5.26 Å². The summed E-state index contributed by atoms with van der Waals surface area (Å²) in [6.45, 7) is 0.556. The van der Waals surface area contributed by atoms with Crippen LogP contribution in [0.1, 0.15) is 6.42 Å². The van der Waals surface area contributed by atoms with Crippen molar-refractivity contribution in [3.8, 4) is 6.07 Å². The Morgan fingerprint density at radius 2 is 2.33 bits per heavy atom. The Balaban J connectivity index is 2.48. The molecule has 0 spiro atoms. The van der Waals surface area contributed by atoms with E-state index in [0.29, 0.717) is 18.7 Å². The van der Waals surface area contributed by atoms with Gasteiger partial charge in [0.15, 0.2) is 0 Å². The number of nitrogens with zero attached hydrogens (tertiary/aromatic N) is 1. The highest BCUT2D eigenvalue weighted by molar-refractivity contribution is 5.42. The average Bonchev–Trinajstić information content (AvgIpc) is 2.05. The van der Waals surface area contributed by atoms with Crippen LogP contribution in [0.15, 0.2) is 24.3 Å². The zero-order valence-electron chi connectivity index (χ0n) is 6.55. The molecule has 12 heavy (non-hydrogen) atoms. The average molecular weight is 164 g/mol. The van der Waals surface area contributed by atoms with Gasteiger partial charge in [-0.15, -0.1) is 0 Å². The van der Waals surface area contributed by atoms with Crippen molar-refractivity contribution >= 4 is 5.69 Å². The van der Waals surface area contributed by atoms with Gasteiger partial charge in [-0.3, -0.25) is 0 Å². The topological polar surface area (TPSA) is 35.8 Å². The molecule has 0 atom stereocenters. The van der Waals surface area contributed by atoms with Gasteiger partial charge in [0.05, 0.1) is 12.5 Å². The Labute approximate surface area is 70.6 Å². The standard InChI is InChI=1S/C9H9FN2/c10-8-3-1-4-9(7-8)12-6-2-5-11/h1,3-4,7,12H,2,6H2. The molecule has 1 aromatic rings. The maximum atomic E-state index is 12.6. The summed E-state index contributed by atoms with van der Waals surface area (Å²) in [6, 6.07) is 8.17. The van der Waals surface area contributed by atoms with Crippen LogP contribution in [0.25, 0.3) is 0 Å². The first-order chi connectivity index (χ1) is 5.83. The number of halogens is 1. The molecular formula is C9H9FN2. The van der Waals surface area contributed by atoms with Gasteiger partial charge in [0.25, 0.3) is 0 Å². The highest BCUT2D eigenvalue weighted by atomic mass is 19.1. The van der Waals surface area contributed by atoms with Crippen LogP contribution >= 0.6 is 0 Å². The van der Waals surface area contributed by atoms with Crippen molar-refractivity contribution in [3.05, 3.63) is 30.1 Å². The summed E-state index contributed by atoms with van der Waals surface area (Å²) in [7, 11) is 0. The molecular weight excluding hydrogens is 155 g/mol. The molecule has 0 aliphatic carbocycles. The van der Waals surface area contributed by atoms with Crippen LogP contribution in [0.5, 0.6) is 0 Å². The van der Waals surface area contributed by atoms with Crippen LogP contribution in [0, 0.1) is 17.1 Å². The summed E-state index contributed by atoms with van der Waals surface area (Å²) in [5, 5.41) is 11.2. The predicted molar refractivity (Wildman–Crippen MR) is 45.1 cm³/mol. The molecule has 1 N–H and O–H groups in total. The fourth-order valence-electron chi connectivity index (χ4n) is 0.861. The van der Waals surface area contributed by atoms with E-state index in [-0.39, 0.29) is 5.82 Å². The molecule has 0 aliphatic heterocycles. The third kappa shape index (κ3) is 2.59. The molecule has 0 aliphatic rings. The van der Waals surface area contributed by atoms with Crippen molar-refractivity contribution in [1.82, 2.24) is 0 Å². The summed E-state index contributed by atoms with van der Waals surface area (Å²) in [5.74, 6) is -0.267. The van der Waals surface area contributed by atoms with Gasteiger partial charge in [0.2, 0.25) is 0 Å². The molecule has 0 amide bonds. The van der Waals surface area contributed by atoms with Crippen LogP contribution in [0.4, 0.5) is 10.1 Å². The lowest BCUT2D eigenvalue weighted by Gasteiger charge is -2.02. The van der Waals surface area contributed by atoms with E-state index in [1.165, 1.54) is 12.1 Å². The molecule has 0 bridgehead atoms. The summed E-state index contributed by atoms with van der Waals surface area (Å²) in [6.07, 6.45) is 0.427. The lowest BCUT2D eigenvalue weighted by Crippen LogP contribution is -1.99. The Kier molecular flexibility index (Phi) is 3.09. The van der Waals surface area contributed by atoms with Crippen molar-refractivity contribution in [1.29, 1.82) is 5.26 Å². The minimum atomic E-state index is -0.267. The second-order valence-corrected chi connectivity index (χ2v) is 2.35. The van der Waals surface area contributed by atoms with E-state index in [0.717, 1.165) is 0 Å². The summed E-state index contributed by atoms with van der Waals surface area (Å²) < 4.78 is 12.6. The third-order valence-corrected chi connectivity index (χ3v) is 1.39. The van der Waals surface area contributed by atoms with Gasteiger partial charge in [-0.1, -0.05) is 6.07 Å². The van der Waals surface area contributed by atoms with Gasteiger partial charge < -0.3 is 5.32 Å². The van der Waals surface area contributed by atoms with Crippen molar-refractivity contribution in [3.63, 3.8) is 0 Å². The Bertz CT molecular complexity index is 291. The lowest BCUT2D eigenvalue weighted by molar-refractivity contribution is 0.628. The smallest absolute Gasteiger partial charge is 0.125 e. The van der Waals surface area contributed by atoms with E-state index in [1.54, 1.807) is 12.1 Å². The van der Waals surface area contributed by atoms with Crippen LogP contribution < -0.4 is 5.32 Å². The minimum Gasteiger partial charge on any atom is -0.384 e. The fraction of sp³-hybridized carbons (Fsp3) is 0.222. The second kappa shape index (κ2) is 4.35. The first kappa shape index (κ1) is 8.54. The monoisotopic (exact) mass is 164 g/mol. The number of nitriles is 1. The molecule has 0 radical (unpaired) electrons. The lowest BCUT2D eigenvalue weighted by atomic mass is 10.3. The highest BCUT2D eigenvalue weighted by Gasteiger charge is 1.92. The Hall–Kier alpha value is -1.56. The van der Waals surface area contributed by atoms with E-state index in [1.807, 2.05) is 6.07 Å². The van der Waals surface area contributed by atoms with Crippen molar-refractivity contribution in [2.75, 3.05) is 11.9 Å². The Morgan fingerprint density at radius 3 is 3.00 bits per heavy atom. The number of rotatable bonds is 3. The van der Waals surface area contributed by atoms with Crippen LogP contribution in [0.2, 0.25) is 0 Å². The molecule has 0 saturated heterocycles. The number of hydrogen-bond donors (Lipinski definition) is 1. The molecule has 0 unspecified atom stereocenters. The van der Waals surface area contributed by atoms with E-state index < -0.39 is 0 Å². The van der Waals surface area contributed by atoms with Crippen molar-refractivity contribution < 1.29 is 4.39 Å². The maximum absolute atomic E-state index is 12.6. The second-order valence-electron chi connectivity index (χ2n) is 2.35. The molecule has 0 aromatic heterocycles. The molecule has 0 saturated carbocycles. The van der Waals surface area contributed by atoms with Gasteiger partial charge in [-0.05, 0) is 18.2 Å². The van der Waals surface area contributed by atoms with Crippen molar-refractivity contribution in [2.45, 2.75) is 6.42 Å². The van der Waals surface area contributed by atoms with E-state index >= 15 is 0 Å². The molecule has 3 heteroatoms. The normalized spacial score (nSPS) is 9.00. The molecule has 1 rings (SSSR count). The van der Waals surface area contributed by atoms with Gasteiger partial charge in [0, 0.05) is 12.2 Å². The zero-order chi connectivity index (χ0) is 8.81. The van der Waals surface area contributed by atoms with Crippen LogP contribution in [-0.2, 0) is 0 Å². The fourth-order valence-corrected chi connectivity index (χ4v) is 0.861. The summed E-state index contributed by atoms with van der Waals surface area (Å²) >= 11 is 0. The third-order valence-electron chi connectivity index (χ3n) is 1.39. The van der Waals surface area contributed by atoms with Gasteiger partial charge in [-0.25, -0.2) is 4.39 Å². The Morgan fingerprint density at radius 1 is 1.50 bits per heavy atom. The summed E-state index contributed by atoms with van der Waals surface area (Å²) in [5.41, 5.74) is 0.713. The predicted octanol–water partition coefficient (Wildman–Crippen LogP) is 2.15. The number of benzene rings is 1. The first-order valence-electron chi connectivity index (χ1n) is 3.69. The van der Waals surface area contributed by atoms with Crippen LogP contribution in [-0.4, -0.2) is 6.54 Å². The molecule has 0 heterocycles. The van der Waals surface area contributed by atoms with E-state index in [9.17, 15) is 4.39 Å². The molecule has 2 nitrogen and oxygen atoms in total. The number of anilines is 1. The SMILES string of the molecule is N#CCCNc1cccc(F)c1. The minimum absolute atomic E-state index is 0.267. The largest absolute Gasteiger partial charge is 0.384 e. The molecule has 0 fully saturated rings. The highest BCUT2D eigenvalue weighted by Crippen LogP contribution is 2.08. The molecule has 62 valence electrons. The zero-order valence-corrected chi connectivity index (χ0v) is 6.55. The van der Waals surface area contributed by atoms with Gasteiger partial charge >= 0.3 is 0 Å². The van der Waals surface area contributed by atoms with Crippen molar-refractivity contribution in [2.24, 2.45) is 0 Å². The van der Waals surface area contributed by atoms with Crippen LogP contribution in [0.3, 0.4) is 0 Å². The molecule has 1 aromatic carbocycles. The van der Waals surface area contributed by atoms with E-state index in [2.05, 4.69) is 5.32 Å². The number of hydrogen-bond acceptors (Lipinski definition) is 2. The summed E-state index contributed by atoms with van der Waals surface area (Å²) in [4.78, 5) is 0. The quantitative estimate of drug-likeness (QED) is 0.695. The van der Waals surface area contributed by atoms with E-state index in [4.69, 9.17) is 5.26 Å². The first-order valence-corrected chi connectivity index (χ1v) is 3.69. The number of nitrogens with one attached hydrogen (secondary N) is 1.